The maximum atomic E-state index is 12.9. The van der Waals surface area contributed by atoms with Gasteiger partial charge in [0.15, 0.2) is 0 Å². The second-order valence-corrected chi connectivity index (χ2v) is 10.8. The third-order valence-electron chi connectivity index (χ3n) is 7.30. The molecule has 0 aliphatic heterocycles. The zero-order valence-corrected chi connectivity index (χ0v) is 26.0. The van der Waals surface area contributed by atoms with Crippen LogP contribution in [0.4, 0.5) is 17.7 Å². The number of ether oxygens (including phenoxy) is 1. The van der Waals surface area contributed by atoms with E-state index in [1.807, 2.05) is 26.0 Å². The molecule has 1 atom stereocenters. The number of allylic oxidation sites excluding steroid dienone is 3. The molecule has 1 aliphatic rings. The van der Waals surface area contributed by atoms with Gasteiger partial charge in [-0.25, -0.2) is 0 Å². The number of rotatable bonds is 10. The molecule has 0 aromatic heterocycles. The Morgan fingerprint density at radius 3 is 1.98 bits per heavy atom. The highest BCUT2D eigenvalue weighted by Gasteiger charge is 2.30. The Labute approximate surface area is 253 Å². The van der Waals surface area contributed by atoms with Gasteiger partial charge >= 0.3 is 12.6 Å². The second-order valence-electron chi connectivity index (χ2n) is 10.8. The fraction of sp³-hybridized carbons (Fsp3) is 0.471. The van der Waals surface area contributed by atoms with Crippen molar-refractivity contribution < 1.29 is 37.0 Å². The van der Waals surface area contributed by atoms with Crippen LogP contribution < -0.4 is 4.74 Å². The topological polar surface area (TPSA) is 55.8 Å². The summed E-state index contributed by atoms with van der Waals surface area (Å²) in [5.74, 6) is 1.35. The number of alkyl halides is 3. The van der Waals surface area contributed by atoms with Crippen molar-refractivity contribution in [2.45, 2.75) is 85.4 Å². The number of amides is 1. The average molecular weight is 608 g/mol. The van der Waals surface area contributed by atoms with Crippen LogP contribution in [0.5, 0.6) is 5.75 Å². The number of carbonyl (C=O) groups is 2. The molecule has 0 radical (unpaired) electrons. The first-order chi connectivity index (χ1) is 20.4. The number of nitrogens with zero attached hydrogens (tertiary/aromatic N) is 1. The summed E-state index contributed by atoms with van der Waals surface area (Å²) in [5, 5.41) is 0. The van der Waals surface area contributed by atoms with Crippen LogP contribution in [0.3, 0.4) is 0 Å². The van der Waals surface area contributed by atoms with Crippen molar-refractivity contribution in [2.24, 2.45) is 5.92 Å². The molecule has 1 unspecified atom stereocenters. The van der Waals surface area contributed by atoms with Gasteiger partial charge in [0.05, 0.1) is 5.56 Å². The zero-order valence-electron chi connectivity index (χ0n) is 26.0. The monoisotopic (exact) mass is 607 g/mol. The number of hydrogen-bond donors (Lipinski definition) is 0. The minimum Gasteiger partial charge on any atom is -0.486 e. The summed E-state index contributed by atoms with van der Waals surface area (Å²) < 4.78 is 55.0. The van der Waals surface area contributed by atoms with Gasteiger partial charge < -0.3 is 9.64 Å². The predicted octanol–water partition coefficient (Wildman–Crippen LogP) is 9.31. The molecule has 0 N–H and O–H groups in total. The van der Waals surface area contributed by atoms with Crippen LogP contribution in [0.15, 0.2) is 65.8 Å². The maximum absolute atomic E-state index is 12.9. The summed E-state index contributed by atoms with van der Waals surface area (Å²) in [6.45, 7) is 10.8. The molecule has 1 aliphatic carbocycles. The van der Waals surface area contributed by atoms with Crippen LogP contribution >= 0.6 is 0 Å². The minimum absolute atomic E-state index is 0.00494. The van der Waals surface area contributed by atoms with E-state index < -0.39 is 11.7 Å². The van der Waals surface area contributed by atoms with E-state index in [-0.39, 0.29) is 12.6 Å². The molecule has 1 saturated carbocycles. The highest BCUT2D eigenvalue weighted by atomic mass is 19.4. The molecule has 1 fully saturated rings. The number of benzene rings is 2. The maximum Gasteiger partial charge on any atom is 0.416 e. The van der Waals surface area contributed by atoms with E-state index in [4.69, 9.17) is 9.53 Å². The largest absolute Gasteiger partial charge is 0.486 e. The zero-order chi connectivity index (χ0) is 32.4. The highest BCUT2D eigenvalue weighted by molar-refractivity contribution is 5.67. The van der Waals surface area contributed by atoms with Crippen LogP contribution in [0.25, 0.3) is 5.57 Å². The fourth-order valence-electron chi connectivity index (χ4n) is 4.81. The standard InChI is InChI=1S/C28H33F3O.C5H11NO.CHFO2/c1-19-10-16-26(17-11-19)32-27(24-8-6-5-7-9-24)22(4)20(2)18-21(3)23-12-14-25(15-13-23)28(29,30)31;1-3-4-6(2)5-7;2-4-1-3/h10-18,24,27H,5-9H2,1-4H3;5H,3-4H2,1-2H3;1H/b21-18+,22-20+;;. The van der Waals surface area contributed by atoms with Crippen LogP contribution in [0.1, 0.15) is 82.9 Å². The summed E-state index contributed by atoms with van der Waals surface area (Å²) in [6.07, 6.45) is 5.66. The quantitative estimate of drug-likeness (QED) is 0.153. The molecule has 238 valence electrons. The summed E-state index contributed by atoms with van der Waals surface area (Å²) in [5.41, 5.74) is 4.59. The molecule has 0 bridgehead atoms. The van der Waals surface area contributed by atoms with Crippen molar-refractivity contribution >= 4 is 18.5 Å². The van der Waals surface area contributed by atoms with E-state index in [0.29, 0.717) is 5.92 Å². The lowest BCUT2D eigenvalue weighted by atomic mass is 9.81. The molecule has 0 heterocycles. The first-order valence-electron chi connectivity index (χ1n) is 14.5. The van der Waals surface area contributed by atoms with E-state index in [1.165, 1.54) is 30.4 Å². The summed E-state index contributed by atoms with van der Waals surface area (Å²) in [6, 6.07) is 13.5. The molecule has 2 aromatic rings. The summed E-state index contributed by atoms with van der Waals surface area (Å²) in [7, 11) is 1.77. The third-order valence-corrected chi connectivity index (χ3v) is 7.30. The molecule has 1 amide bonds. The van der Waals surface area contributed by atoms with Crippen molar-refractivity contribution in [3.8, 4) is 5.75 Å². The molecule has 43 heavy (non-hydrogen) atoms. The number of carbonyl (C=O) groups excluding carboxylic acids is 2. The Kier molecular flexibility index (Phi) is 17.0. The second kappa shape index (κ2) is 19.5. The van der Waals surface area contributed by atoms with Crippen molar-refractivity contribution in [2.75, 3.05) is 13.6 Å². The summed E-state index contributed by atoms with van der Waals surface area (Å²) >= 11 is 0. The van der Waals surface area contributed by atoms with Gasteiger partial charge in [0.2, 0.25) is 6.41 Å². The molecule has 3 rings (SSSR count). The van der Waals surface area contributed by atoms with Gasteiger partial charge in [-0.05, 0) is 99.4 Å². The van der Waals surface area contributed by atoms with Crippen LogP contribution in [0, 0.1) is 12.8 Å². The minimum atomic E-state index is -4.32. The van der Waals surface area contributed by atoms with Crippen molar-refractivity contribution in [3.05, 3.63) is 82.4 Å². The van der Waals surface area contributed by atoms with Gasteiger partial charge in [0.1, 0.15) is 11.9 Å². The lowest BCUT2D eigenvalue weighted by Gasteiger charge is -2.32. The van der Waals surface area contributed by atoms with Crippen molar-refractivity contribution in [1.29, 1.82) is 0 Å². The van der Waals surface area contributed by atoms with E-state index >= 15 is 0 Å². The van der Waals surface area contributed by atoms with E-state index in [1.54, 1.807) is 24.1 Å². The van der Waals surface area contributed by atoms with Crippen molar-refractivity contribution in [3.63, 3.8) is 0 Å². The lowest BCUT2D eigenvalue weighted by Crippen LogP contribution is -2.30. The Balaban J connectivity index is 0.000000717. The first kappa shape index (κ1) is 37.4. The molecule has 0 spiro atoms. The van der Waals surface area contributed by atoms with E-state index in [9.17, 15) is 22.5 Å². The fourth-order valence-corrected chi connectivity index (χ4v) is 4.81. The Bertz CT molecular complexity index is 1150. The van der Waals surface area contributed by atoms with Crippen LogP contribution in [-0.2, 0) is 20.7 Å². The Morgan fingerprint density at radius 2 is 1.53 bits per heavy atom. The van der Waals surface area contributed by atoms with E-state index in [2.05, 4.69) is 43.9 Å². The van der Waals surface area contributed by atoms with E-state index in [0.717, 1.165) is 66.8 Å². The van der Waals surface area contributed by atoms with Gasteiger partial charge in [0, 0.05) is 18.1 Å². The smallest absolute Gasteiger partial charge is 0.416 e. The number of halogens is 4. The number of hydrogen-bond acceptors (Lipinski definition) is 4. The molecular weight excluding hydrogens is 562 g/mol. The SMILES string of the molecule is C/C(=C\C(C)=C(/C)C(Oc1ccc(C)cc1)C1CCCCC1)c1ccc(C(F)(F)F)cc1.CCCN(C)C=O.O=COF. The average Bonchev–Trinajstić information content (AvgIpc) is 3.01. The molecular formula is C34H45F4NO4. The highest BCUT2D eigenvalue weighted by Crippen LogP contribution is 2.34. The van der Waals surface area contributed by atoms with Gasteiger partial charge in [-0.3, -0.25) is 14.5 Å². The summed E-state index contributed by atoms with van der Waals surface area (Å²) in [4.78, 5) is 22.4. The van der Waals surface area contributed by atoms with Crippen LogP contribution in [-0.4, -0.2) is 37.5 Å². The van der Waals surface area contributed by atoms with Gasteiger partial charge in [-0.15, -0.1) is 0 Å². The van der Waals surface area contributed by atoms with Crippen molar-refractivity contribution in [1.82, 2.24) is 4.90 Å². The third kappa shape index (κ3) is 13.9. The Morgan fingerprint density at radius 1 is 0.977 bits per heavy atom. The molecule has 2 aromatic carbocycles. The Hall–Kier alpha value is -3.62. The molecule has 9 heteroatoms. The molecule has 5 nitrogen and oxygen atoms in total. The molecule has 0 saturated heterocycles. The van der Waals surface area contributed by atoms with Gasteiger partial charge in [0.25, 0.3) is 0 Å². The van der Waals surface area contributed by atoms with Gasteiger partial charge in [-0.2, -0.15) is 13.2 Å². The predicted molar refractivity (Wildman–Crippen MR) is 163 cm³/mol. The lowest BCUT2D eigenvalue weighted by molar-refractivity contribution is -0.165. The normalized spacial score (nSPS) is 15.0. The van der Waals surface area contributed by atoms with Gasteiger partial charge in [-0.1, -0.05) is 62.1 Å². The van der Waals surface area contributed by atoms with Crippen LogP contribution in [0.2, 0.25) is 0 Å². The number of aryl methyl sites for hydroxylation is 1. The first-order valence-corrected chi connectivity index (χ1v) is 14.5.